The van der Waals surface area contributed by atoms with Crippen LogP contribution >= 0.6 is 34.5 Å². The number of benzene rings is 1. The van der Waals surface area contributed by atoms with E-state index in [0.29, 0.717) is 4.34 Å². The molecule has 20 heavy (non-hydrogen) atoms. The van der Waals surface area contributed by atoms with Crippen LogP contribution in [0.3, 0.4) is 0 Å². The van der Waals surface area contributed by atoms with Crippen molar-refractivity contribution >= 4 is 56.2 Å². The van der Waals surface area contributed by atoms with Crippen LogP contribution in [0.1, 0.15) is 10.4 Å². The highest BCUT2D eigenvalue weighted by Crippen LogP contribution is 2.32. The van der Waals surface area contributed by atoms with E-state index in [2.05, 4.69) is 5.32 Å². The van der Waals surface area contributed by atoms with Crippen molar-refractivity contribution in [1.82, 2.24) is 0 Å². The summed E-state index contributed by atoms with van der Waals surface area (Å²) in [6, 6.07) is 7.21. The van der Waals surface area contributed by atoms with E-state index in [1.54, 1.807) is 6.07 Å². The first-order chi connectivity index (χ1) is 9.29. The van der Waals surface area contributed by atoms with Gasteiger partial charge in [-0.25, -0.2) is 13.6 Å². The number of primary sulfonamides is 1. The summed E-state index contributed by atoms with van der Waals surface area (Å²) in [7, 11) is -3.94. The number of thiophene rings is 1. The van der Waals surface area contributed by atoms with Crippen LogP contribution < -0.4 is 10.5 Å². The summed E-state index contributed by atoms with van der Waals surface area (Å²) in [4.78, 5) is 11.9. The second kappa shape index (κ2) is 5.71. The van der Waals surface area contributed by atoms with Crippen LogP contribution in [-0.2, 0) is 10.0 Å². The first kappa shape index (κ1) is 15.3. The molecule has 1 aromatic carbocycles. The molecule has 3 N–H and O–H groups in total. The predicted octanol–water partition coefficient (Wildman–Crippen LogP) is 2.95. The van der Waals surface area contributed by atoms with Gasteiger partial charge in [-0.2, -0.15) is 0 Å². The Balaban J connectivity index is 2.36. The first-order valence-corrected chi connectivity index (χ1v) is 8.29. The number of hydrogen-bond donors (Lipinski definition) is 2. The molecule has 2 rings (SSSR count). The van der Waals surface area contributed by atoms with Gasteiger partial charge in [0.15, 0.2) is 0 Å². The maximum atomic E-state index is 12.0. The molecule has 9 heteroatoms. The van der Waals surface area contributed by atoms with E-state index >= 15 is 0 Å². The van der Waals surface area contributed by atoms with Crippen LogP contribution in [0.25, 0.3) is 0 Å². The fraction of sp³-hybridized carbons (Fsp3) is 0. The molecule has 1 amide bonds. The van der Waals surface area contributed by atoms with Crippen LogP contribution in [0, 0.1) is 0 Å². The van der Waals surface area contributed by atoms with Crippen molar-refractivity contribution in [1.29, 1.82) is 0 Å². The van der Waals surface area contributed by atoms with Gasteiger partial charge in [-0.15, -0.1) is 11.3 Å². The lowest BCUT2D eigenvalue weighted by Gasteiger charge is -2.08. The van der Waals surface area contributed by atoms with Gasteiger partial charge in [0.2, 0.25) is 10.0 Å². The van der Waals surface area contributed by atoms with E-state index in [0.717, 1.165) is 11.3 Å². The minimum atomic E-state index is -3.94. The van der Waals surface area contributed by atoms with Crippen molar-refractivity contribution < 1.29 is 13.2 Å². The average Bonchev–Trinajstić information content (AvgIpc) is 2.68. The number of sulfonamides is 1. The van der Waals surface area contributed by atoms with Crippen molar-refractivity contribution in [3.8, 4) is 0 Å². The molecule has 0 bridgehead atoms. The number of nitrogens with one attached hydrogen (secondary N) is 1. The molecule has 5 nitrogen and oxygen atoms in total. The largest absolute Gasteiger partial charge is 0.321 e. The van der Waals surface area contributed by atoms with Gasteiger partial charge in [0.05, 0.1) is 15.6 Å². The van der Waals surface area contributed by atoms with Gasteiger partial charge in [0.25, 0.3) is 5.91 Å². The summed E-state index contributed by atoms with van der Waals surface area (Å²) in [5, 5.41) is 7.53. The van der Waals surface area contributed by atoms with E-state index in [9.17, 15) is 13.2 Å². The monoisotopic (exact) mass is 350 g/mol. The van der Waals surface area contributed by atoms with Crippen LogP contribution in [0.5, 0.6) is 0 Å². The normalized spacial score (nSPS) is 11.3. The Morgan fingerprint density at radius 3 is 2.45 bits per heavy atom. The van der Waals surface area contributed by atoms with E-state index in [1.807, 2.05) is 0 Å². The molecule has 0 radical (unpaired) electrons. The lowest BCUT2D eigenvalue weighted by atomic mass is 10.3. The first-order valence-electron chi connectivity index (χ1n) is 5.17. The van der Waals surface area contributed by atoms with Crippen molar-refractivity contribution in [2.24, 2.45) is 5.14 Å². The fourth-order valence-corrected chi connectivity index (χ4v) is 3.65. The molecule has 0 aliphatic rings. The molecule has 0 saturated heterocycles. The van der Waals surface area contributed by atoms with Crippen molar-refractivity contribution in [3.63, 3.8) is 0 Å². The number of carbonyl (C=O) groups excluding carboxylic acids is 1. The zero-order valence-electron chi connectivity index (χ0n) is 9.76. The SMILES string of the molecule is NS(=O)(=O)c1ccccc1NC(=O)c1cc(Cl)sc1Cl. The van der Waals surface area contributed by atoms with Crippen molar-refractivity contribution in [3.05, 3.63) is 44.6 Å². The van der Waals surface area contributed by atoms with Crippen LogP contribution in [0.4, 0.5) is 5.69 Å². The summed E-state index contributed by atoms with van der Waals surface area (Å²) >= 11 is 12.7. The van der Waals surface area contributed by atoms with Gasteiger partial charge in [-0.05, 0) is 18.2 Å². The number of nitrogens with two attached hydrogens (primary N) is 1. The maximum Gasteiger partial charge on any atom is 0.258 e. The molecule has 1 heterocycles. The Hall–Kier alpha value is -1.12. The molecule has 106 valence electrons. The summed E-state index contributed by atoms with van der Waals surface area (Å²) < 4.78 is 23.4. The predicted molar refractivity (Wildman–Crippen MR) is 80.1 cm³/mol. The standard InChI is InChI=1S/C11H8Cl2N2O3S2/c12-9-5-6(10(13)19-9)11(16)15-7-3-1-2-4-8(7)20(14,17)18/h1-5H,(H,15,16)(H2,14,17,18). The quantitative estimate of drug-likeness (QED) is 0.891. The van der Waals surface area contributed by atoms with Gasteiger partial charge in [-0.3, -0.25) is 4.79 Å². The smallest absolute Gasteiger partial charge is 0.258 e. The van der Waals surface area contributed by atoms with E-state index in [4.69, 9.17) is 28.3 Å². The van der Waals surface area contributed by atoms with E-state index < -0.39 is 15.9 Å². The van der Waals surface area contributed by atoms with Crippen LogP contribution in [-0.4, -0.2) is 14.3 Å². The maximum absolute atomic E-state index is 12.0. The van der Waals surface area contributed by atoms with Gasteiger partial charge in [0, 0.05) is 0 Å². The third-order valence-electron chi connectivity index (χ3n) is 2.34. The topological polar surface area (TPSA) is 89.3 Å². The van der Waals surface area contributed by atoms with Crippen LogP contribution in [0.15, 0.2) is 35.2 Å². The summed E-state index contributed by atoms with van der Waals surface area (Å²) in [6.07, 6.45) is 0. The zero-order valence-corrected chi connectivity index (χ0v) is 12.9. The van der Waals surface area contributed by atoms with Crippen molar-refractivity contribution in [2.45, 2.75) is 4.90 Å². The molecule has 0 spiro atoms. The minimum absolute atomic E-state index is 0.0818. The minimum Gasteiger partial charge on any atom is -0.321 e. The Morgan fingerprint density at radius 2 is 1.90 bits per heavy atom. The molecule has 0 atom stereocenters. The molecule has 2 aromatic rings. The lowest BCUT2D eigenvalue weighted by molar-refractivity contribution is 0.102. The number of anilines is 1. The van der Waals surface area contributed by atoms with Crippen molar-refractivity contribution in [2.75, 3.05) is 5.32 Å². The molecular formula is C11H8Cl2N2O3S2. The molecular weight excluding hydrogens is 343 g/mol. The summed E-state index contributed by atoms with van der Waals surface area (Å²) in [5.41, 5.74) is 0.254. The Morgan fingerprint density at radius 1 is 1.25 bits per heavy atom. The molecule has 0 aliphatic carbocycles. The molecule has 1 aromatic heterocycles. The molecule has 0 saturated carbocycles. The highest BCUT2D eigenvalue weighted by molar-refractivity contribution is 7.89. The molecule has 0 aliphatic heterocycles. The van der Waals surface area contributed by atoms with Gasteiger partial charge in [-0.1, -0.05) is 35.3 Å². The Bertz CT molecular complexity index is 772. The van der Waals surface area contributed by atoms with E-state index in [-0.39, 0.29) is 20.5 Å². The highest BCUT2D eigenvalue weighted by atomic mass is 35.5. The third-order valence-corrected chi connectivity index (χ3v) is 4.80. The Kier molecular flexibility index (Phi) is 4.36. The Labute approximate surface area is 129 Å². The summed E-state index contributed by atoms with van der Waals surface area (Å²) in [6.45, 7) is 0. The van der Waals surface area contributed by atoms with Gasteiger partial charge in [0.1, 0.15) is 9.23 Å². The zero-order chi connectivity index (χ0) is 14.9. The number of carbonyl (C=O) groups is 1. The number of amides is 1. The number of rotatable bonds is 3. The molecule has 0 unspecified atom stereocenters. The van der Waals surface area contributed by atoms with E-state index in [1.165, 1.54) is 24.3 Å². The lowest BCUT2D eigenvalue weighted by Crippen LogP contribution is -2.18. The second-order valence-corrected chi connectivity index (χ2v) is 7.55. The van der Waals surface area contributed by atoms with Gasteiger partial charge < -0.3 is 5.32 Å². The highest BCUT2D eigenvalue weighted by Gasteiger charge is 2.18. The van der Waals surface area contributed by atoms with Gasteiger partial charge >= 0.3 is 0 Å². The fourth-order valence-electron chi connectivity index (χ4n) is 1.50. The third kappa shape index (κ3) is 3.31. The summed E-state index contributed by atoms with van der Waals surface area (Å²) in [5.74, 6) is -0.561. The number of para-hydroxylation sites is 1. The second-order valence-electron chi connectivity index (χ2n) is 3.73. The van der Waals surface area contributed by atoms with Crippen LogP contribution in [0.2, 0.25) is 8.67 Å². The number of hydrogen-bond acceptors (Lipinski definition) is 4. The average molecular weight is 351 g/mol. The molecule has 0 fully saturated rings. The number of halogens is 2.